The highest BCUT2D eigenvalue weighted by Gasteiger charge is 2.11. The van der Waals surface area contributed by atoms with Crippen molar-refractivity contribution in [3.8, 4) is 0 Å². The smallest absolute Gasteiger partial charge is 0.252 e. The number of hydrogen-bond donors (Lipinski definition) is 2. The molecule has 0 bridgehead atoms. The van der Waals surface area contributed by atoms with Gasteiger partial charge in [-0.15, -0.1) is 0 Å². The van der Waals surface area contributed by atoms with Crippen molar-refractivity contribution in [3.63, 3.8) is 0 Å². The summed E-state index contributed by atoms with van der Waals surface area (Å²) in [6.45, 7) is 0.407. The van der Waals surface area contributed by atoms with Crippen LogP contribution in [0.15, 0.2) is 59.1 Å². The van der Waals surface area contributed by atoms with Crippen LogP contribution >= 0.6 is 15.9 Å². The Hall–Kier alpha value is -1.65. The lowest BCUT2D eigenvalue weighted by Gasteiger charge is -2.13. The number of amides is 1. The summed E-state index contributed by atoms with van der Waals surface area (Å²) in [6.07, 6.45) is 0. The molecular formula is C15H15BrN2O. The zero-order chi connectivity index (χ0) is 13.7. The first-order chi connectivity index (χ1) is 9.18. The maximum atomic E-state index is 12.0. The molecule has 19 heavy (non-hydrogen) atoms. The summed E-state index contributed by atoms with van der Waals surface area (Å²) < 4.78 is 0.779. The Labute approximate surface area is 121 Å². The van der Waals surface area contributed by atoms with E-state index in [-0.39, 0.29) is 11.9 Å². The van der Waals surface area contributed by atoms with Gasteiger partial charge >= 0.3 is 0 Å². The molecule has 0 heterocycles. The number of carbonyl (C=O) groups is 1. The zero-order valence-corrected chi connectivity index (χ0v) is 11.9. The number of benzene rings is 2. The first-order valence-corrected chi connectivity index (χ1v) is 6.81. The Morgan fingerprint density at radius 2 is 1.74 bits per heavy atom. The fourth-order valence-electron chi connectivity index (χ4n) is 1.76. The molecule has 3 N–H and O–H groups in total. The van der Waals surface area contributed by atoms with Crippen LogP contribution in [0.3, 0.4) is 0 Å². The van der Waals surface area contributed by atoms with Crippen molar-refractivity contribution in [2.75, 3.05) is 6.54 Å². The molecule has 0 saturated carbocycles. The van der Waals surface area contributed by atoms with Gasteiger partial charge < -0.3 is 11.1 Å². The molecule has 0 fully saturated rings. The number of nitrogens with two attached hydrogens (primary N) is 1. The average Bonchev–Trinajstić information content (AvgIpc) is 2.46. The third-order valence-corrected chi connectivity index (χ3v) is 3.52. The number of carbonyl (C=O) groups excluding carboxylic acids is 1. The molecular weight excluding hydrogens is 304 g/mol. The van der Waals surface area contributed by atoms with E-state index >= 15 is 0 Å². The van der Waals surface area contributed by atoms with Gasteiger partial charge in [-0.2, -0.15) is 0 Å². The van der Waals surface area contributed by atoms with Crippen molar-refractivity contribution in [2.45, 2.75) is 6.04 Å². The summed E-state index contributed by atoms with van der Waals surface area (Å²) in [5.74, 6) is -0.126. The van der Waals surface area contributed by atoms with E-state index in [2.05, 4.69) is 21.2 Å². The summed E-state index contributed by atoms with van der Waals surface area (Å²) in [4.78, 5) is 12.0. The third kappa shape index (κ3) is 3.66. The molecule has 4 heteroatoms. The molecule has 3 nitrogen and oxygen atoms in total. The van der Waals surface area contributed by atoms with Gasteiger partial charge in [-0.1, -0.05) is 42.5 Å². The zero-order valence-electron chi connectivity index (χ0n) is 10.3. The molecule has 0 spiro atoms. The van der Waals surface area contributed by atoms with Crippen molar-refractivity contribution < 1.29 is 4.79 Å². The van der Waals surface area contributed by atoms with E-state index in [1.165, 1.54) is 0 Å². The fraction of sp³-hybridized carbons (Fsp3) is 0.133. The SMILES string of the molecule is NC(CNC(=O)c1ccccc1Br)c1ccccc1. The Morgan fingerprint density at radius 1 is 1.11 bits per heavy atom. The minimum absolute atomic E-state index is 0.126. The molecule has 2 rings (SSSR count). The second-order valence-corrected chi connectivity index (χ2v) is 5.06. The van der Waals surface area contributed by atoms with Gasteiger partial charge in [0.1, 0.15) is 0 Å². The molecule has 0 saturated heterocycles. The number of nitrogens with one attached hydrogen (secondary N) is 1. The van der Waals surface area contributed by atoms with Crippen LogP contribution in [0, 0.1) is 0 Å². The van der Waals surface area contributed by atoms with Crippen LogP contribution in [0.5, 0.6) is 0 Å². The monoisotopic (exact) mass is 318 g/mol. The van der Waals surface area contributed by atoms with Crippen LogP contribution in [0.1, 0.15) is 22.0 Å². The Bertz CT molecular complexity index is 557. The summed E-state index contributed by atoms with van der Waals surface area (Å²) >= 11 is 3.36. The van der Waals surface area contributed by atoms with E-state index in [0.717, 1.165) is 10.0 Å². The molecule has 2 aromatic rings. The van der Waals surface area contributed by atoms with Gasteiger partial charge in [0, 0.05) is 17.1 Å². The minimum atomic E-state index is -0.201. The molecule has 0 aliphatic carbocycles. The van der Waals surface area contributed by atoms with E-state index in [0.29, 0.717) is 12.1 Å². The summed E-state index contributed by atoms with van der Waals surface area (Å²) in [7, 11) is 0. The lowest BCUT2D eigenvalue weighted by Crippen LogP contribution is -2.32. The van der Waals surface area contributed by atoms with E-state index in [4.69, 9.17) is 5.73 Å². The van der Waals surface area contributed by atoms with Crippen LogP contribution in [-0.4, -0.2) is 12.5 Å². The molecule has 0 aliphatic heterocycles. The predicted octanol–water partition coefficient (Wildman–Crippen LogP) is 2.88. The van der Waals surface area contributed by atoms with Gasteiger partial charge in [0.05, 0.1) is 5.56 Å². The predicted molar refractivity (Wildman–Crippen MR) is 79.8 cm³/mol. The van der Waals surface area contributed by atoms with Gasteiger partial charge in [-0.05, 0) is 33.6 Å². The second-order valence-electron chi connectivity index (χ2n) is 4.21. The normalized spacial score (nSPS) is 11.9. The molecule has 1 unspecified atom stereocenters. The van der Waals surface area contributed by atoms with Crippen LogP contribution in [-0.2, 0) is 0 Å². The van der Waals surface area contributed by atoms with Crippen LogP contribution in [0.4, 0.5) is 0 Å². The minimum Gasteiger partial charge on any atom is -0.350 e. The topological polar surface area (TPSA) is 55.1 Å². The highest BCUT2D eigenvalue weighted by atomic mass is 79.9. The Morgan fingerprint density at radius 3 is 2.42 bits per heavy atom. The Kier molecular flexibility index (Phi) is 4.71. The van der Waals surface area contributed by atoms with Gasteiger partial charge in [0.25, 0.3) is 5.91 Å². The van der Waals surface area contributed by atoms with E-state index in [1.807, 2.05) is 48.5 Å². The van der Waals surface area contributed by atoms with Gasteiger partial charge in [-0.25, -0.2) is 0 Å². The van der Waals surface area contributed by atoms with Crippen molar-refractivity contribution in [3.05, 3.63) is 70.2 Å². The fourth-order valence-corrected chi connectivity index (χ4v) is 2.23. The largest absolute Gasteiger partial charge is 0.350 e. The third-order valence-electron chi connectivity index (χ3n) is 2.83. The first kappa shape index (κ1) is 13.8. The van der Waals surface area contributed by atoms with Crippen molar-refractivity contribution in [2.24, 2.45) is 5.73 Å². The second kappa shape index (κ2) is 6.50. The highest BCUT2D eigenvalue weighted by molar-refractivity contribution is 9.10. The molecule has 2 aromatic carbocycles. The highest BCUT2D eigenvalue weighted by Crippen LogP contribution is 2.16. The summed E-state index contributed by atoms with van der Waals surface area (Å²) in [5.41, 5.74) is 7.66. The lowest BCUT2D eigenvalue weighted by molar-refractivity contribution is 0.0950. The molecule has 1 amide bonds. The van der Waals surface area contributed by atoms with Crippen LogP contribution in [0.2, 0.25) is 0 Å². The standard InChI is InChI=1S/C15H15BrN2O/c16-13-9-5-4-8-12(13)15(19)18-10-14(17)11-6-2-1-3-7-11/h1-9,14H,10,17H2,(H,18,19). The maximum Gasteiger partial charge on any atom is 0.252 e. The van der Waals surface area contributed by atoms with E-state index < -0.39 is 0 Å². The number of hydrogen-bond acceptors (Lipinski definition) is 2. The van der Waals surface area contributed by atoms with E-state index in [9.17, 15) is 4.79 Å². The molecule has 1 atom stereocenters. The molecule has 0 radical (unpaired) electrons. The van der Waals surface area contributed by atoms with E-state index in [1.54, 1.807) is 6.07 Å². The maximum absolute atomic E-state index is 12.0. The number of halogens is 1. The molecule has 0 aliphatic rings. The van der Waals surface area contributed by atoms with Crippen molar-refractivity contribution in [1.82, 2.24) is 5.32 Å². The average molecular weight is 319 g/mol. The Balaban J connectivity index is 1.96. The van der Waals surface area contributed by atoms with Gasteiger partial charge in [-0.3, -0.25) is 4.79 Å². The van der Waals surface area contributed by atoms with Crippen LogP contribution < -0.4 is 11.1 Å². The molecule has 98 valence electrons. The van der Waals surface area contributed by atoms with Gasteiger partial charge in [0.15, 0.2) is 0 Å². The lowest BCUT2D eigenvalue weighted by atomic mass is 10.1. The molecule has 0 aromatic heterocycles. The van der Waals surface area contributed by atoms with Crippen molar-refractivity contribution in [1.29, 1.82) is 0 Å². The van der Waals surface area contributed by atoms with Gasteiger partial charge in [0.2, 0.25) is 0 Å². The number of rotatable bonds is 4. The summed E-state index contributed by atoms with van der Waals surface area (Å²) in [5, 5.41) is 2.84. The van der Waals surface area contributed by atoms with Crippen LogP contribution in [0.25, 0.3) is 0 Å². The van der Waals surface area contributed by atoms with Crippen molar-refractivity contribution >= 4 is 21.8 Å². The summed E-state index contributed by atoms with van der Waals surface area (Å²) in [6, 6.07) is 16.8. The quantitative estimate of drug-likeness (QED) is 0.910. The first-order valence-electron chi connectivity index (χ1n) is 6.01.